The van der Waals surface area contributed by atoms with Gasteiger partial charge in [-0.05, 0) is 43.9 Å². The van der Waals surface area contributed by atoms with Crippen molar-refractivity contribution in [2.24, 2.45) is 0 Å². The lowest BCUT2D eigenvalue weighted by atomic mass is 9.99. The van der Waals surface area contributed by atoms with Gasteiger partial charge in [-0.2, -0.15) is 0 Å². The molecule has 1 aromatic heterocycles. The number of piperidine rings is 1. The Kier molecular flexibility index (Phi) is 5.86. The fourth-order valence-corrected chi connectivity index (χ4v) is 4.06. The van der Waals surface area contributed by atoms with Gasteiger partial charge in [0.2, 0.25) is 5.91 Å². The monoisotopic (exact) mass is 380 g/mol. The van der Waals surface area contributed by atoms with Crippen molar-refractivity contribution < 1.29 is 9.53 Å². The smallest absolute Gasteiger partial charge is 0.227 e. The molecular weight excluding hydrogens is 352 g/mol. The normalized spacial score (nSPS) is 19.2. The molecule has 1 N–H and O–H groups in total. The van der Waals surface area contributed by atoms with Crippen molar-refractivity contribution in [1.29, 1.82) is 0 Å². The van der Waals surface area contributed by atoms with Gasteiger partial charge >= 0.3 is 0 Å². The molecule has 1 aromatic carbocycles. The van der Waals surface area contributed by atoms with Crippen LogP contribution in [0.15, 0.2) is 30.5 Å². The zero-order valence-electron chi connectivity index (χ0n) is 16.5. The second kappa shape index (κ2) is 8.69. The number of hydrogen-bond acceptors (Lipinski definition) is 5. The first kappa shape index (κ1) is 18.9. The van der Waals surface area contributed by atoms with Gasteiger partial charge < -0.3 is 15.0 Å². The van der Waals surface area contributed by atoms with E-state index in [4.69, 9.17) is 9.72 Å². The number of aromatic nitrogens is 2. The minimum atomic E-state index is -0.0101. The van der Waals surface area contributed by atoms with E-state index >= 15 is 0 Å². The molecule has 1 saturated heterocycles. The number of nitrogens with one attached hydrogen (secondary N) is 1. The molecule has 6 nitrogen and oxygen atoms in total. The highest BCUT2D eigenvalue weighted by molar-refractivity contribution is 5.79. The first-order valence-electron chi connectivity index (χ1n) is 10.3. The zero-order valence-corrected chi connectivity index (χ0v) is 16.5. The Bertz CT molecular complexity index is 822. The maximum atomic E-state index is 13.1. The van der Waals surface area contributed by atoms with E-state index in [-0.39, 0.29) is 11.9 Å². The molecule has 4 rings (SSSR count). The molecule has 0 spiro atoms. The van der Waals surface area contributed by atoms with Crippen LogP contribution in [0.25, 0.3) is 0 Å². The lowest BCUT2D eigenvalue weighted by Crippen LogP contribution is -2.40. The van der Waals surface area contributed by atoms with Crippen molar-refractivity contribution in [2.45, 2.75) is 51.6 Å². The summed E-state index contributed by atoms with van der Waals surface area (Å²) in [4.78, 5) is 24.5. The molecule has 148 valence electrons. The molecule has 28 heavy (non-hydrogen) atoms. The van der Waals surface area contributed by atoms with Crippen LogP contribution >= 0.6 is 0 Å². The molecule has 0 saturated carbocycles. The van der Waals surface area contributed by atoms with Crippen molar-refractivity contribution in [3.63, 3.8) is 0 Å². The first-order valence-corrected chi connectivity index (χ1v) is 10.3. The van der Waals surface area contributed by atoms with Crippen LogP contribution in [0, 0.1) is 0 Å². The van der Waals surface area contributed by atoms with E-state index in [0.717, 1.165) is 68.1 Å². The third-order valence-corrected chi connectivity index (χ3v) is 5.54. The Morgan fingerprint density at radius 1 is 1.29 bits per heavy atom. The van der Waals surface area contributed by atoms with E-state index in [1.54, 1.807) is 0 Å². The van der Waals surface area contributed by atoms with E-state index in [9.17, 15) is 4.79 Å². The summed E-state index contributed by atoms with van der Waals surface area (Å²) in [6.07, 6.45) is 6.36. The molecule has 1 amide bonds. The van der Waals surface area contributed by atoms with Crippen molar-refractivity contribution in [2.75, 3.05) is 19.7 Å². The predicted octanol–water partition coefficient (Wildman–Crippen LogP) is 2.82. The van der Waals surface area contributed by atoms with Gasteiger partial charge in [-0.3, -0.25) is 4.79 Å². The van der Waals surface area contributed by atoms with Gasteiger partial charge in [0.15, 0.2) is 5.82 Å². The van der Waals surface area contributed by atoms with Gasteiger partial charge in [0.25, 0.3) is 0 Å². The number of nitrogens with zero attached hydrogens (tertiary/aromatic N) is 3. The Labute approximate surface area is 166 Å². The number of ether oxygens (including phenoxy) is 1. The van der Waals surface area contributed by atoms with Crippen LogP contribution in [0.4, 0.5) is 0 Å². The van der Waals surface area contributed by atoms with Crippen LogP contribution in [-0.2, 0) is 24.2 Å². The lowest BCUT2D eigenvalue weighted by molar-refractivity contribution is -0.134. The molecule has 0 aliphatic carbocycles. The summed E-state index contributed by atoms with van der Waals surface area (Å²) in [5.74, 6) is 1.80. The number of amides is 1. The van der Waals surface area contributed by atoms with Gasteiger partial charge in [-0.25, -0.2) is 9.97 Å². The van der Waals surface area contributed by atoms with Crippen molar-refractivity contribution >= 4 is 5.91 Å². The van der Waals surface area contributed by atoms with Crippen molar-refractivity contribution in [1.82, 2.24) is 20.2 Å². The topological polar surface area (TPSA) is 67.3 Å². The minimum absolute atomic E-state index is 0.0101. The maximum absolute atomic E-state index is 13.1. The van der Waals surface area contributed by atoms with Crippen LogP contribution in [0.3, 0.4) is 0 Å². The summed E-state index contributed by atoms with van der Waals surface area (Å²) < 4.78 is 5.49. The van der Waals surface area contributed by atoms with Crippen LogP contribution < -0.4 is 10.1 Å². The minimum Gasteiger partial charge on any atom is -0.494 e. The second-order valence-electron chi connectivity index (χ2n) is 7.48. The summed E-state index contributed by atoms with van der Waals surface area (Å²) in [7, 11) is 0. The molecule has 3 heterocycles. The summed E-state index contributed by atoms with van der Waals surface area (Å²) >= 11 is 0. The predicted molar refractivity (Wildman–Crippen MR) is 107 cm³/mol. The maximum Gasteiger partial charge on any atom is 0.227 e. The van der Waals surface area contributed by atoms with Gasteiger partial charge in [0, 0.05) is 43.5 Å². The Morgan fingerprint density at radius 3 is 2.96 bits per heavy atom. The molecule has 2 aliphatic heterocycles. The fraction of sp³-hybridized carbons (Fsp3) is 0.500. The lowest BCUT2D eigenvalue weighted by Gasteiger charge is -2.35. The van der Waals surface area contributed by atoms with E-state index in [1.165, 1.54) is 5.56 Å². The molecule has 1 fully saturated rings. The number of benzene rings is 1. The average Bonchev–Trinajstić information content (AvgIpc) is 2.75. The molecule has 1 atom stereocenters. The van der Waals surface area contributed by atoms with Crippen molar-refractivity contribution in [3.8, 4) is 5.75 Å². The molecule has 2 aromatic rings. The van der Waals surface area contributed by atoms with Gasteiger partial charge in [0.1, 0.15) is 5.75 Å². The number of fused-ring (bicyclic) bond motifs is 1. The largest absolute Gasteiger partial charge is 0.494 e. The molecule has 0 radical (unpaired) electrons. The molecule has 0 bridgehead atoms. The highest BCUT2D eigenvalue weighted by Gasteiger charge is 2.30. The van der Waals surface area contributed by atoms with E-state index in [1.807, 2.05) is 42.3 Å². The Morgan fingerprint density at radius 2 is 2.14 bits per heavy atom. The molecule has 2 aliphatic rings. The Hall–Kier alpha value is -2.47. The number of hydrogen-bond donors (Lipinski definition) is 1. The average molecular weight is 380 g/mol. The molecule has 0 unspecified atom stereocenters. The van der Waals surface area contributed by atoms with E-state index in [2.05, 4.69) is 10.3 Å². The summed E-state index contributed by atoms with van der Waals surface area (Å²) in [6, 6.07) is 7.80. The number of likely N-dealkylation sites (tertiary alicyclic amines) is 1. The van der Waals surface area contributed by atoms with E-state index in [0.29, 0.717) is 13.0 Å². The SMILES string of the molecule is CCOc1ccc(CC(=O)N2CCCC[C@H]2c2ncc3c(n2)CCNC3)cc1. The van der Waals surface area contributed by atoms with E-state index < -0.39 is 0 Å². The molecular formula is C22H28N4O2. The zero-order chi connectivity index (χ0) is 19.3. The summed E-state index contributed by atoms with van der Waals surface area (Å²) in [5, 5.41) is 3.35. The highest BCUT2D eigenvalue weighted by atomic mass is 16.5. The quantitative estimate of drug-likeness (QED) is 0.864. The highest BCUT2D eigenvalue weighted by Crippen LogP contribution is 2.30. The summed E-state index contributed by atoms with van der Waals surface area (Å²) in [5.41, 5.74) is 3.32. The van der Waals surface area contributed by atoms with Gasteiger partial charge in [-0.1, -0.05) is 12.1 Å². The Balaban J connectivity index is 1.49. The fourth-order valence-electron chi connectivity index (χ4n) is 4.06. The number of carbonyl (C=O) groups excluding carboxylic acids is 1. The second-order valence-corrected chi connectivity index (χ2v) is 7.48. The van der Waals surface area contributed by atoms with Crippen molar-refractivity contribution in [3.05, 3.63) is 53.1 Å². The first-order chi connectivity index (χ1) is 13.7. The van der Waals surface area contributed by atoms with Crippen LogP contribution in [-0.4, -0.2) is 40.5 Å². The number of carbonyl (C=O) groups is 1. The number of rotatable bonds is 5. The van der Waals surface area contributed by atoms with Gasteiger partial charge in [0.05, 0.1) is 19.1 Å². The van der Waals surface area contributed by atoms with Crippen LogP contribution in [0.5, 0.6) is 5.75 Å². The van der Waals surface area contributed by atoms with Crippen LogP contribution in [0.2, 0.25) is 0 Å². The molecule has 6 heteroatoms. The van der Waals surface area contributed by atoms with Gasteiger partial charge in [-0.15, -0.1) is 0 Å². The standard InChI is InChI=1S/C22H28N4O2/c1-2-28-18-8-6-16(7-9-18)13-21(27)26-12-4-3-5-20(26)22-24-15-17-14-23-11-10-19(17)25-22/h6-9,15,20,23H,2-5,10-14H2,1H3/t20-/m0/s1. The van der Waals surface area contributed by atoms with Crippen LogP contribution in [0.1, 0.15) is 54.9 Å². The third kappa shape index (κ3) is 4.17. The third-order valence-electron chi connectivity index (χ3n) is 5.54. The summed E-state index contributed by atoms with van der Waals surface area (Å²) in [6.45, 7) is 5.18.